The number of aromatic nitrogens is 1. The van der Waals surface area contributed by atoms with E-state index in [1.54, 1.807) is 0 Å². The number of rotatable bonds is 2. The van der Waals surface area contributed by atoms with Crippen molar-refractivity contribution in [2.45, 2.75) is 12.6 Å². The Kier molecular flexibility index (Phi) is 4.04. The van der Waals surface area contributed by atoms with Gasteiger partial charge in [-0.1, -0.05) is 0 Å². The molecular formula is C10H5F5N2O2. The van der Waals surface area contributed by atoms with Crippen molar-refractivity contribution in [3.05, 3.63) is 28.6 Å². The van der Waals surface area contributed by atoms with Crippen LogP contribution in [0.15, 0.2) is 6.20 Å². The van der Waals surface area contributed by atoms with Crippen molar-refractivity contribution in [2.75, 3.05) is 7.11 Å². The highest BCUT2D eigenvalue weighted by Gasteiger charge is 2.41. The molecule has 4 nitrogen and oxygen atoms in total. The average molecular weight is 280 g/mol. The van der Waals surface area contributed by atoms with E-state index in [9.17, 15) is 26.7 Å². The van der Waals surface area contributed by atoms with Crippen molar-refractivity contribution >= 4 is 5.97 Å². The van der Waals surface area contributed by atoms with Crippen molar-refractivity contribution in [1.29, 1.82) is 5.26 Å². The summed E-state index contributed by atoms with van der Waals surface area (Å²) in [5, 5.41) is 8.56. The van der Waals surface area contributed by atoms with Crippen molar-refractivity contribution in [3.8, 4) is 6.07 Å². The van der Waals surface area contributed by atoms with Crippen LogP contribution in [-0.2, 0) is 10.9 Å². The van der Waals surface area contributed by atoms with Crippen LogP contribution >= 0.6 is 0 Å². The summed E-state index contributed by atoms with van der Waals surface area (Å²) in [6.07, 6.45) is -8.24. The Morgan fingerprint density at radius 3 is 2.42 bits per heavy atom. The number of halogens is 5. The van der Waals surface area contributed by atoms with Crippen LogP contribution in [0.1, 0.15) is 33.6 Å². The predicted molar refractivity (Wildman–Crippen MR) is 50.3 cm³/mol. The molecule has 9 heteroatoms. The molecule has 0 N–H and O–H groups in total. The molecular weight excluding hydrogens is 275 g/mol. The van der Waals surface area contributed by atoms with Gasteiger partial charge < -0.3 is 4.74 Å². The molecule has 0 amide bonds. The van der Waals surface area contributed by atoms with Crippen LogP contribution in [-0.4, -0.2) is 18.1 Å². The van der Waals surface area contributed by atoms with E-state index in [0.29, 0.717) is 6.20 Å². The maximum absolute atomic E-state index is 12.8. The van der Waals surface area contributed by atoms with E-state index in [1.807, 2.05) is 0 Å². The normalized spacial score (nSPS) is 11.3. The molecule has 0 aromatic carbocycles. The monoisotopic (exact) mass is 280 g/mol. The molecule has 0 aliphatic carbocycles. The molecule has 102 valence electrons. The third-order valence-electron chi connectivity index (χ3n) is 2.11. The number of nitrogens with zero attached hydrogens (tertiary/aromatic N) is 2. The third kappa shape index (κ3) is 2.78. The Labute approximate surface area is 103 Å². The van der Waals surface area contributed by atoms with Crippen molar-refractivity contribution in [2.24, 2.45) is 0 Å². The summed E-state index contributed by atoms with van der Waals surface area (Å²) in [6.45, 7) is 0. The molecule has 0 spiro atoms. The Morgan fingerprint density at radius 1 is 1.47 bits per heavy atom. The van der Waals surface area contributed by atoms with Gasteiger partial charge in [-0.3, -0.25) is 4.98 Å². The zero-order chi connectivity index (χ0) is 14.8. The maximum Gasteiger partial charge on any atom is 0.418 e. The first-order valence-electron chi connectivity index (χ1n) is 4.60. The number of alkyl halides is 5. The number of carbonyl (C=O) groups excluding carboxylic acids is 1. The fourth-order valence-electron chi connectivity index (χ4n) is 1.38. The third-order valence-corrected chi connectivity index (χ3v) is 2.11. The Morgan fingerprint density at radius 2 is 2.05 bits per heavy atom. The van der Waals surface area contributed by atoms with Crippen molar-refractivity contribution in [1.82, 2.24) is 4.98 Å². The summed E-state index contributed by atoms with van der Waals surface area (Å²) in [5.74, 6) is -1.63. The van der Waals surface area contributed by atoms with E-state index < -0.39 is 41.0 Å². The minimum absolute atomic E-state index is 0.344. The zero-order valence-electron chi connectivity index (χ0n) is 9.26. The molecule has 0 bridgehead atoms. The molecule has 1 aromatic heterocycles. The van der Waals surface area contributed by atoms with Gasteiger partial charge in [0.1, 0.15) is 17.3 Å². The highest BCUT2D eigenvalue weighted by Crippen LogP contribution is 2.37. The molecule has 0 aliphatic heterocycles. The zero-order valence-corrected chi connectivity index (χ0v) is 9.26. The number of carbonyl (C=O) groups is 1. The van der Waals surface area contributed by atoms with Gasteiger partial charge in [-0.15, -0.1) is 0 Å². The van der Waals surface area contributed by atoms with Crippen LogP contribution < -0.4 is 0 Å². The highest BCUT2D eigenvalue weighted by atomic mass is 19.4. The lowest BCUT2D eigenvalue weighted by molar-refractivity contribution is -0.138. The van der Waals surface area contributed by atoms with Gasteiger partial charge in [0, 0.05) is 6.20 Å². The lowest BCUT2D eigenvalue weighted by Gasteiger charge is -2.15. The van der Waals surface area contributed by atoms with Gasteiger partial charge in [-0.25, -0.2) is 13.6 Å². The summed E-state index contributed by atoms with van der Waals surface area (Å²) in [4.78, 5) is 14.3. The fourth-order valence-corrected chi connectivity index (χ4v) is 1.38. The summed E-state index contributed by atoms with van der Waals surface area (Å²) < 4.78 is 67.7. The van der Waals surface area contributed by atoms with Crippen LogP contribution in [0.5, 0.6) is 0 Å². The molecule has 0 saturated heterocycles. The van der Waals surface area contributed by atoms with E-state index in [-0.39, 0.29) is 0 Å². The molecule has 0 radical (unpaired) electrons. The van der Waals surface area contributed by atoms with Crippen LogP contribution in [0.4, 0.5) is 22.0 Å². The maximum atomic E-state index is 12.8. The second-order valence-electron chi connectivity index (χ2n) is 3.21. The van der Waals surface area contributed by atoms with Gasteiger partial charge in [0.05, 0.1) is 18.2 Å². The number of esters is 1. The van der Waals surface area contributed by atoms with Gasteiger partial charge in [0.15, 0.2) is 0 Å². The SMILES string of the molecule is COC(=O)c1c(C(F)F)ncc(C#N)c1C(F)(F)F. The van der Waals surface area contributed by atoms with E-state index in [2.05, 4.69) is 9.72 Å². The molecule has 0 fully saturated rings. The molecule has 19 heavy (non-hydrogen) atoms. The van der Waals surface area contributed by atoms with E-state index in [4.69, 9.17) is 5.26 Å². The number of hydrogen-bond donors (Lipinski definition) is 0. The molecule has 1 aromatic rings. The van der Waals surface area contributed by atoms with Crippen molar-refractivity contribution < 1.29 is 31.5 Å². The van der Waals surface area contributed by atoms with E-state index in [0.717, 1.165) is 13.2 Å². The van der Waals surface area contributed by atoms with Crippen LogP contribution in [0.25, 0.3) is 0 Å². The Hall–Kier alpha value is -2.24. The summed E-state index contributed by atoms with van der Waals surface area (Å²) in [5.41, 5.74) is -5.62. The van der Waals surface area contributed by atoms with Gasteiger partial charge in [0.25, 0.3) is 6.43 Å². The summed E-state index contributed by atoms with van der Waals surface area (Å²) >= 11 is 0. The number of pyridine rings is 1. The quantitative estimate of drug-likeness (QED) is 0.617. The molecule has 0 saturated carbocycles. The molecule has 0 atom stereocenters. The lowest BCUT2D eigenvalue weighted by Crippen LogP contribution is -2.20. The van der Waals surface area contributed by atoms with Gasteiger partial charge in [-0.05, 0) is 0 Å². The van der Waals surface area contributed by atoms with Crippen LogP contribution in [0, 0.1) is 11.3 Å². The molecule has 0 unspecified atom stereocenters. The van der Waals surface area contributed by atoms with E-state index in [1.165, 1.54) is 0 Å². The number of nitriles is 1. The largest absolute Gasteiger partial charge is 0.465 e. The summed E-state index contributed by atoms with van der Waals surface area (Å²) in [7, 11) is 0.733. The lowest BCUT2D eigenvalue weighted by atomic mass is 10.0. The van der Waals surface area contributed by atoms with Gasteiger partial charge in [0.2, 0.25) is 0 Å². The predicted octanol–water partition coefficient (Wildman–Crippen LogP) is 2.70. The number of hydrogen-bond acceptors (Lipinski definition) is 4. The number of methoxy groups -OCH3 is 1. The average Bonchev–Trinajstić information content (AvgIpc) is 2.34. The first-order chi connectivity index (χ1) is 8.73. The standard InChI is InChI=1S/C10H5F5N2O2/c1-19-9(18)5-6(10(13,14)15)4(2-16)3-17-7(5)8(11)12/h3,8H,1H3. The molecule has 0 aliphatic rings. The Bertz CT molecular complexity index is 548. The fraction of sp³-hybridized carbons (Fsp3) is 0.300. The van der Waals surface area contributed by atoms with Gasteiger partial charge in [-0.2, -0.15) is 18.4 Å². The van der Waals surface area contributed by atoms with E-state index >= 15 is 0 Å². The molecule has 1 rings (SSSR count). The Balaban J connectivity index is 3.78. The van der Waals surface area contributed by atoms with Crippen LogP contribution in [0.3, 0.4) is 0 Å². The number of ether oxygens (including phenoxy) is 1. The van der Waals surface area contributed by atoms with Crippen LogP contribution in [0.2, 0.25) is 0 Å². The van der Waals surface area contributed by atoms with Gasteiger partial charge >= 0.3 is 12.1 Å². The smallest absolute Gasteiger partial charge is 0.418 e. The highest BCUT2D eigenvalue weighted by molar-refractivity contribution is 5.93. The molecule has 1 heterocycles. The first kappa shape index (κ1) is 14.8. The second-order valence-corrected chi connectivity index (χ2v) is 3.21. The van der Waals surface area contributed by atoms with Crippen molar-refractivity contribution in [3.63, 3.8) is 0 Å². The topological polar surface area (TPSA) is 63.0 Å². The summed E-state index contributed by atoms with van der Waals surface area (Å²) in [6, 6.07) is 1.15. The second kappa shape index (κ2) is 5.17. The first-order valence-corrected chi connectivity index (χ1v) is 4.60. The minimum Gasteiger partial charge on any atom is -0.465 e. The minimum atomic E-state index is -5.17.